The first-order chi connectivity index (χ1) is 21.9. The van der Waals surface area contributed by atoms with E-state index in [0.717, 1.165) is 6.42 Å². The Morgan fingerprint density at radius 2 is 1.33 bits per heavy atom. The third-order valence-corrected chi connectivity index (χ3v) is 11.5. The van der Waals surface area contributed by atoms with Gasteiger partial charge in [-0.05, 0) is 42.4 Å². The summed E-state index contributed by atoms with van der Waals surface area (Å²) in [6.07, 6.45) is 11.9. The topological polar surface area (TPSA) is 0 Å². The zero-order valence-electron chi connectivity index (χ0n) is 30.4. The van der Waals surface area contributed by atoms with Crippen LogP contribution >= 0.6 is 0 Å². The van der Waals surface area contributed by atoms with E-state index in [-0.39, 0.29) is 30.2 Å². The number of rotatable bonds is 7. The first kappa shape index (κ1) is 40.1. The summed E-state index contributed by atoms with van der Waals surface area (Å²) in [5, 5.41) is 2.76. The van der Waals surface area contributed by atoms with Gasteiger partial charge in [-0.25, -0.2) is 0 Å². The third kappa shape index (κ3) is 7.55. The van der Waals surface area contributed by atoms with E-state index in [1.54, 1.807) is 11.1 Å². The molecular formula is C45H51Cl2Zr-. The predicted octanol–water partition coefficient (Wildman–Crippen LogP) is 4.22. The van der Waals surface area contributed by atoms with Crippen molar-refractivity contribution in [1.82, 2.24) is 0 Å². The van der Waals surface area contributed by atoms with E-state index in [0.29, 0.717) is 23.7 Å². The van der Waals surface area contributed by atoms with Crippen LogP contribution in [0.1, 0.15) is 96.9 Å². The second kappa shape index (κ2) is 16.6. The summed E-state index contributed by atoms with van der Waals surface area (Å²) in [7, 11) is 0. The molecule has 0 spiro atoms. The van der Waals surface area contributed by atoms with Crippen LogP contribution in [0.4, 0.5) is 0 Å². The van der Waals surface area contributed by atoms with Crippen LogP contribution in [0.25, 0.3) is 11.6 Å². The number of fused-ring (bicyclic) bond motifs is 2. The van der Waals surface area contributed by atoms with Gasteiger partial charge in [-0.3, -0.25) is 0 Å². The zero-order chi connectivity index (χ0) is 33.3. The quantitative estimate of drug-likeness (QED) is 0.318. The maximum atomic E-state index is 3.99. The van der Waals surface area contributed by atoms with Crippen molar-refractivity contribution in [2.75, 3.05) is 0 Å². The van der Waals surface area contributed by atoms with Gasteiger partial charge in [-0.1, -0.05) is 120 Å². The van der Waals surface area contributed by atoms with Gasteiger partial charge >= 0.3 is 99.2 Å². The molecule has 0 amide bonds. The Balaban J connectivity index is 0.000000329. The van der Waals surface area contributed by atoms with Crippen LogP contribution in [0, 0.1) is 30.1 Å². The molecule has 0 radical (unpaired) electrons. The van der Waals surface area contributed by atoms with Crippen molar-refractivity contribution in [2.45, 2.75) is 81.6 Å². The normalized spacial score (nSPS) is 17.9. The van der Waals surface area contributed by atoms with E-state index in [4.69, 9.17) is 0 Å². The average molecular weight is 754 g/mol. The van der Waals surface area contributed by atoms with E-state index in [2.05, 4.69) is 166 Å². The second-order valence-corrected chi connectivity index (χ2v) is 15.8. The van der Waals surface area contributed by atoms with Crippen molar-refractivity contribution in [1.29, 1.82) is 0 Å². The molecule has 0 heterocycles. The Bertz CT molecular complexity index is 1840. The molecule has 1 atom stereocenters. The van der Waals surface area contributed by atoms with Crippen molar-refractivity contribution in [3.8, 4) is 0 Å². The molecule has 250 valence electrons. The van der Waals surface area contributed by atoms with Crippen molar-refractivity contribution < 1.29 is 49.0 Å². The number of halogens is 2. The van der Waals surface area contributed by atoms with Crippen LogP contribution in [0.2, 0.25) is 0 Å². The molecule has 3 aromatic carbocycles. The molecule has 6 rings (SSSR count). The minimum atomic E-state index is 0. The van der Waals surface area contributed by atoms with Gasteiger partial charge in [0, 0.05) is 0 Å². The molecule has 0 aliphatic heterocycles. The first-order valence-corrected chi connectivity index (χ1v) is 18.4. The Labute approximate surface area is 318 Å². The molecule has 0 N–H and O–H groups in total. The van der Waals surface area contributed by atoms with E-state index in [1.165, 1.54) is 82.4 Å². The fourth-order valence-electron chi connectivity index (χ4n) is 7.85. The number of allylic oxidation sites excluding steroid dienone is 8. The van der Waals surface area contributed by atoms with E-state index in [9.17, 15) is 0 Å². The van der Waals surface area contributed by atoms with Crippen molar-refractivity contribution >= 4 is 14.9 Å². The zero-order valence-corrected chi connectivity index (χ0v) is 34.4. The van der Waals surface area contributed by atoms with Gasteiger partial charge in [0.2, 0.25) is 0 Å². The van der Waals surface area contributed by atoms with Crippen LogP contribution in [-0.4, -0.2) is 3.21 Å². The summed E-state index contributed by atoms with van der Waals surface area (Å²) >= 11 is 1.46. The first-order valence-electron chi connectivity index (χ1n) is 17.2. The molecule has 0 saturated carbocycles. The van der Waals surface area contributed by atoms with Crippen LogP contribution in [-0.2, 0) is 24.2 Å². The van der Waals surface area contributed by atoms with Gasteiger partial charge in [0.15, 0.2) is 0 Å². The summed E-state index contributed by atoms with van der Waals surface area (Å²) in [5.41, 5.74) is 14.6. The van der Waals surface area contributed by atoms with Crippen LogP contribution < -0.4 is 35.3 Å². The summed E-state index contributed by atoms with van der Waals surface area (Å²) in [4.78, 5) is 0. The maximum absolute atomic E-state index is 3.99. The van der Waals surface area contributed by atoms with E-state index in [1.807, 2.05) is 0 Å². The molecule has 0 saturated heterocycles. The van der Waals surface area contributed by atoms with E-state index >= 15 is 0 Å². The molecule has 0 bridgehead atoms. The van der Waals surface area contributed by atoms with Gasteiger partial charge in [-0.15, -0.1) is 33.7 Å². The van der Waals surface area contributed by atoms with Crippen molar-refractivity contribution in [3.63, 3.8) is 0 Å². The van der Waals surface area contributed by atoms with Gasteiger partial charge in [0.25, 0.3) is 0 Å². The van der Waals surface area contributed by atoms with Gasteiger partial charge in [-0.2, -0.15) is 0 Å². The second-order valence-electron chi connectivity index (χ2n) is 14.6. The fourth-order valence-corrected chi connectivity index (χ4v) is 8.67. The van der Waals surface area contributed by atoms with Gasteiger partial charge in [0.1, 0.15) is 0 Å². The summed E-state index contributed by atoms with van der Waals surface area (Å²) in [6.45, 7) is 23.9. The molecule has 0 nitrogen and oxygen atoms in total. The third-order valence-electron chi connectivity index (χ3n) is 10.1. The number of aryl methyl sites for hydroxylation is 1. The SMILES string of the molecule is Cc1cc(C(C)C)c2c(c1)=[C-]C1=C(C3=CC=CC3)C(C)(C(C)C)C(C(C)C)=C(C(C)C)C=21.[Cl-].[Cl-].[Zr+2]=[C](c1ccccc1)c1ccccc1. The standard InChI is InChI=1S/C32H41.C13H10.2ClH.Zr/c1-18(2)25-16-22(9)15-24-17-26-29(28(24)25)27(19(3)4)30(20(5)6)32(10,21(7)8)31(26)23-13-11-12-14-23;1-3-7-12(8-4-1)11-13-9-5-2-6-10-13;;;/h11-13,15-16,18-21H,14H2,1-10H3;1-10H;2*1H;/q-1;;;;+2/p-2. The Morgan fingerprint density at radius 1 is 0.771 bits per heavy atom. The van der Waals surface area contributed by atoms with Crippen LogP contribution in [0.5, 0.6) is 0 Å². The fraction of sp³-hybridized carbons (Fsp3) is 0.356. The molecular weight excluding hydrogens is 703 g/mol. The molecule has 1 unspecified atom stereocenters. The van der Waals surface area contributed by atoms with Gasteiger partial charge in [0.05, 0.1) is 0 Å². The van der Waals surface area contributed by atoms with Crippen molar-refractivity contribution in [2.24, 2.45) is 23.2 Å². The molecule has 48 heavy (non-hydrogen) atoms. The molecule has 0 fully saturated rings. The van der Waals surface area contributed by atoms with Crippen LogP contribution in [0.15, 0.2) is 119 Å². The minimum absolute atomic E-state index is 0. The Hall–Kier alpha value is -2.31. The molecule has 3 aliphatic rings. The summed E-state index contributed by atoms with van der Waals surface area (Å²) < 4.78 is 1.42. The Kier molecular flexibility index (Phi) is 13.9. The molecule has 3 aliphatic carbocycles. The predicted molar refractivity (Wildman–Crippen MR) is 196 cm³/mol. The summed E-state index contributed by atoms with van der Waals surface area (Å²) in [5.74, 6) is 1.97. The van der Waals surface area contributed by atoms with Crippen molar-refractivity contribution in [3.05, 3.63) is 152 Å². The monoisotopic (exact) mass is 751 g/mol. The summed E-state index contributed by atoms with van der Waals surface area (Å²) in [6, 6.07) is 25.9. The molecule has 3 aromatic rings. The number of benzene rings is 3. The van der Waals surface area contributed by atoms with Gasteiger partial charge < -0.3 is 24.8 Å². The average Bonchev–Trinajstić information content (AvgIpc) is 3.68. The molecule has 0 aromatic heterocycles. The number of hydrogen-bond donors (Lipinski definition) is 0. The molecule has 3 heteroatoms. The van der Waals surface area contributed by atoms with E-state index < -0.39 is 0 Å². The number of hydrogen-bond acceptors (Lipinski definition) is 0. The Morgan fingerprint density at radius 3 is 1.77 bits per heavy atom. The van der Waals surface area contributed by atoms with Crippen LogP contribution in [0.3, 0.4) is 0 Å².